The third-order valence-electron chi connectivity index (χ3n) is 4.60. The van der Waals surface area contributed by atoms with E-state index in [0.717, 1.165) is 0 Å². The van der Waals surface area contributed by atoms with Gasteiger partial charge >= 0.3 is 6.09 Å². The lowest BCUT2D eigenvalue weighted by atomic mass is 9.98. The zero-order chi connectivity index (χ0) is 24.3. The lowest BCUT2D eigenvalue weighted by Crippen LogP contribution is -2.56. The van der Waals surface area contributed by atoms with Crippen LogP contribution in [0.5, 0.6) is 0 Å². The van der Waals surface area contributed by atoms with E-state index in [1.165, 1.54) is 6.92 Å². The monoisotopic (exact) mass is 448 g/mol. The molecule has 11 nitrogen and oxygen atoms in total. The molecule has 1 rings (SSSR count). The Hall–Kier alpha value is -3.31. The van der Waals surface area contributed by atoms with Crippen LogP contribution in [-0.4, -0.2) is 59.1 Å². The van der Waals surface area contributed by atoms with Gasteiger partial charge in [0.1, 0.15) is 12.6 Å². The predicted molar refractivity (Wildman–Crippen MR) is 119 cm³/mol. The van der Waals surface area contributed by atoms with Crippen molar-refractivity contribution in [3.8, 4) is 0 Å². The average Bonchev–Trinajstić information content (AvgIpc) is 2.77. The molecule has 11 heteroatoms. The van der Waals surface area contributed by atoms with Crippen LogP contribution in [0, 0.1) is 0 Å². The summed E-state index contributed by atoms with van der Waals surface area (Å²) < 4.78 is 5.27. The van der Waals surface area contributed by atoms with Gasteiger partial charge < -0.3 is 27.7 Å². The number of guanidine groups is 1. The first kappa shape index (κ1) is 26.7. The van der Waals surface area contributed by atoms with Gasteiger partial charge in [-0.1, -0.05) is 37.3 Å². The van der Waals surface area contributed by atoms with Crippen molar-refractivity contribution in [3.63, 3.8) is 0 Å². The van der Waals surface area contributed by atoms with Gasteiger partial charge in [0.25, 0.3) is 0 Å². The molecule has 0 heterocycles. The van der Waals surface area contributed by atoms with E-state index in [4.69, 9.17) is 27.7 Å². The molecular weight excluding hydrogens is 416 g/mol. The number of nitrogens with zero attached hydrogens (tertiary/aromatic N) is 2. The molecule has 1 aromatic rings. The number of carbonyl (C=O) groups is 4. The molecule has 1 aromatic carbocycles. The van der Waals surface area contributed by atoms with Gasteiger partial charge in [0, 0.05) is 6.54 Å². The maximum Gasteiger partial charge on any atom is 0.417 e. The smallest absolute Gasteiger partial charge is 0.417 e. The van der Waals surface area contributed by atoms with Crippen LogP contribution >= 0.6 is 0 Å². The lowest BCUT2D eigenvalue weighted by molar-refractivity contribution is -0.144. The molecule has 0 saturated heterocycles. The van der Waals surface area contributed by atoms with E-state index < -0.39 is 41.7 Å². The van der Waals surface area contributed by atoms with Gasteiger partial charge in [0.05, 0.1) is 12.1 Å². The van der Waals surface area contributed by atoms with Crippen molar-refractivity contribution in [2.75, 3.05) is 6.54 Å². The highest BCUT2D eigenvalue weighted by Crippen LogP contribution is 2.16. The molecule has 32 heavy (non-hydrogen) atoms. The van der Waals surface area contributed by atoms with E-state index in [0.29, 0.717) is 10.5 Å². The quantitative estimate of drug-likeness (QED) is 0.145. The minimum atomic E-state index is -1.45. The van der Waals surface area contributed by atoms with Crippen molar-refractivity contribution in [2.24, 2.45) is 27.9 Å². The summed E-state index contributed by atoms with van der Waals surface area (Å²) in [7, 11) is 0. The number of hydrogen-bond donors (Lipinski definition) is 4. The fraction of sp³-hybridized carbons (Fsp3) is 0.476. The largest absolute Gasteiger partial charge is 0.444 e. The number of ether oxygens (including phenoxy) is 1. The van der Waals surface area contributed by atoms with Crippen molar-refractivity contribution >= 4 is 29.5 Å². The van der Waals surface area contributed by atoms with Gasteiger partial charge in [-0.2, -0.15) is 0 Å². The van der Waals surface area contributed by atoms with Gasteiger partial charge in [-0.05, 0) is 31.7 Å². The van der Waals surface area contributed by atoms with Crippen LogP contribution in [0.1, 0.15) is 38.7 Å². The normalized spacial score (nSPS) is 13.4. The first-order chi connectivity index (χ1) is 15.1. The SMILES string of the molecule is CCC(N)C(=O)N(C(=O)OCc1ccccc1)[C@H](CCCN=C(N)N)C(=O)C(=O)[C@H](C)N. The Bertz CT molecular complexity index is 823. The number of nitrogens with two attached hydrogens (primary N) is 4. The van der Waals surface area contributed by atoms with E-state index in [-0.39, 0.29) is 38.4 Å². The van der Waals surface area contributed by atoms with E-state index in [1.54, 1.807) is 37.3 Å². The number of rotatable bonds is 12. The van der Waals surface area contributed by atoms with E-state index in [2.05, 4.69) is 4.99 Å². The maximum absolute atomic E-state index is 12.9. The average molecular weight is 449 g/mol. The number of benzene rings is 1. The first-order valence-corrected chi connectivity index (χ1v) is 10.3. The number of imide groups is 1. The van der Waals surface area contributed by atoms with Crippen molar-refractivity contribution < 1.29 is 23.9 Å². The van der Waals surface area contributed by atoms with Gasteiger partial charge in [0.15, 0.2) is 5.96 Å². The summed E-state index contributed by atoms with van der Waals surface area (Å²) in [5.74, 6) is -2.89. The molecule has 0 bridgehead atoms. The first-order valence-electron chi connectivity index (χ1n) is 10.3. The molecule has 0 spiro atoms. The predicted octanol–water partition coefficient (Wildman–Crippen LogP) is -0.203. The molecular formula is C21H32N6O5. The molecule has 2 amide bonds. The number of ketones is 2. The fourth-order valence-corrected chi connectivity index (χ4v) is 2.77. The number of carbonyl (C=O) groups excluding carboxylic acids is 4. The van der Waals surface area contributed by atoms with Gasteiger partial charge in [-0.3, -0.25) is 19.4 Å². The molecule has 0 fully saturated rings. The van der Waals surface area contributed by atoms with Gasteiger partial charge in [-0.15, -0.1) is 0 Å². The van der Waals surface area contributed by atoms with Crippen LogP contribution in [0.15, 0.2) is 35.3 Å². The highest BCUT2D eigenvalue weighted by Gasteiger charge is 2.40. The molecule has 0 aliphatic heterocycles. The van der Waals surface area contributed by atoms with Crippen LogP contribution in [0.3, 0.4) is 0 Å². The van der Waals surface area contributed by atoms with Crippen LogP contribution < -0.4 is 22.9 Å². The van der Waals surface area contributed by atoms with Crippen molar-refractivity contribution in [2.45, 2.75) is 57.8 Å². The third kappa shape index (κ3) is 8.08. The minimum absolute atomic E-state index is 0.0727. The fourth-order valence-electron chi connectivity index (χ4n) is 2.77. The van der Waals surface area contributed by atoms with Gasteiger partial charge in [0.2, 0.25) is 17.5 Å². The lowest BCUT2D eigenvalue weighted by Gasteiger charge is -2.30. The Kier molecular flexibility index (Phi) is 11.0. The number of amides is 2. The summed E-state index contributed by atoms with van der Waals surface area (Å²) in [5, 5.41) is 0. The minimum Gasteiger partial charge on any atom is -0.444 e. The molecule has 0 aliphatic carbocycles. The topological polar surface area (TPSA) is 197 Å². The second-order valence-electron chi connectivity index (χ2n) is 7.24. The van der Waals surface area contributed by atoms with Crippen LogP contribution in [-0.2, 0) is 25.7 Å². The summed E-state index contributed by atoms with van der Waals surface area (Å²) in [4.78, 5) is 55.5. The molecule has 1 unspecified atom stereocenters. The zero-order valence-corrected chi connectivity index (χ0v) is 18.4. The summed E-state index contributed by atoms with van der Waals surface area (Å²) >= 11 is 0. The number of Topliss-reactive ketones (excluding diaryl/α,β-unsaturated/α-hetero) is 2. The van der Waals surface area contributed by atoms with Crippen molar-refractivity contribution in [1.29, 1.82) is 0 Å². The second kappa shape index (κ2) is 13.2. The van der Waals surface area contributed by atoms with Crippen LogP contribution in [0.4, 0.5) is 4.79 Å². The zero-order valence-electron chi connectivity index (χ0n) is 18.4. The molecule has 0 saturated carbocycles. The standard InChI is InChI=1S/C21H32N6O5/c1-3-15(23)19(30)27(21(31)32-12-14-8-5-4-6-9-14)16(10-7-11-26-20(24)25)18(29)17(28)13(2)22/h4-6,8-9,13,15-16H,3,7,10-12,22-23H2,1-2H3,(H4,24,25,26)/t13-,15?,16+/m0/s1. The van der Waals surface area contributed by atoms with E-state index in [9.17, 15) is 19.2 Å². The highest BCUT2D eigenvalue weighted by molar-refractivity contribution is 6.41. The Labute approximate surface area is 187 Å². The molecule has 0 aliphatic rings. The number of hydrogen-bond acceptors (Lipinski definition) is 8. The molecule has 8 N–H and O–H groups in total. The third-order valence-corrected chi connectivity index (χ3v) is 4.60. The van der Waals surface area contributed by atoms with Crippen LogP contribution in [0.2, 0.25) is 0 Å². The summed E-state index contributed by atoms with van der Waals surface area (Å²) in [6.45, 7) is 2.98. The summed E-state index contributed by atoms with van der Waals surface area (Å²) in [6, 6.07) is 5.15. The molecule has 3 atom stereocenters. The Balaban J connectivity index is 3.22. The van der Waals surface area contributed by atoms with Crippen molar-refractivity contribution in [1.82, 2.24) is 4.90 Å². The summed E-state index contributed by atoms with van der Waals surface area (Å²) in [5.41, 5.74) is 22.7. The van der Waals surface area contributed by atoms with E-state index in [1.807, 2.05) is 0 Å². The molecule has 0 radical (unpaired) electrons. The Morgan fingerprint density at radius 1 is 1.06 bits per heavy atom. The maximum atomic E-state index is 12.9. The molecule has 176 valence electrons. The summed E-state index contributed by atoms with van der Waals surface area (Å²) in [6.07, 6.45) is -0.744. The Morgan fingerprint density at radius 3 is 2.22 bits per heavy atom. The van der Waals surface area contributed by atoms with Gasteiger partial charge in [-0.25, -0.2) is 9.69 Å². The highest BCUT2D eigenvalue weighted by atomic mass is 16.6. The van der Waals surface area contributed by atoms with Crippen LogP contribution in [0.25, 0.3) is 0 Å². The van der Waals surface area contributed by atoms with E-state index >= 15 is 0 Å². The van der Waals surface area contributed by atoms with Crippen molar-refractivity contribution in [3.05, 3.63) is 35.9 Å². The Morgan fingerprint density at radius 2 is 1.69 bits per heavy atom. The second-order valence-corrected chi connectivity index (χ2v) is 7.24. The number of aliphatic imine (C=N–C) groups is 1. The molecule has 0 aromatic heterocycles.